The summed E-state index contributed by atoms with van der Waals surface area (Å²) in [7, 11) is 0. The third kappa shape index (κ3) is 2.74. The van der Waals surface area contributed by atoms with Crippen molar-refractivity contribution >= 4 is 45.2 Å². The third-order valence-electron chi connectivity index (χ3n) is 5.07. The molecule has 1 aliphatic heterocycles. The second-order valence-corrected chi connectivity index (χ2v) is 7.32. The Morgan fingerprint density at radius 1 is 1.32 bits per heavy atom. The lowest BCUT2D eigenvalue weighted by Crippen LogP contribution is -2.21. The molecule has 3 heterocycles. The Balaban J connectivity index is 1.74. The van der Waals surface area contributed by atoms with Gasteiger partial charge in [0, 0.05) is 23.3 Å². The van der Waals surface area contributed by atoms with Gasteiger partial charge in [0.15, 0.2) is 5.65 Å². The average molecular weight is 404 g/mol. The van der Waals surface area contributed by atoms with Gasteiger partial charge in [-0.3, -0.25) is 9.79 Å². The van der Waals surface area contributed by atoms with E-state index in [2.05, 4.69) is 26.0 Å². The van der Waals surface area contributed by atoms with Crippen LogP contribution in [0.4, 0.5) is 5.82 Å². The SMILES string of the molecule is Nc1c(Br)c(C2CCC(C(=O)O)CC2)nc2c(C3=CCN=C3)cnn12. The number of anilines is 1. The molecule has 0 aromatic carbocycles. The zero-order valence-electron chi connectivity index (χ0n) is 13.5. The highest BCUT2D eigenvalue weighted by molar-refractivity contribution is 9.10. The summed E-state index contributed by atoms with van der Waals surface area (Å²) in [5.74, 6) is -0.235. The van der Waals surface area contributed by atoms with Crippen molar-refractivity contribution in [2.45, 2.75) is 31.6 Å². The number of aliphatic imine (C=N–C) groups is 1. The number of rotatable bonds is 3. The number of hydrogen-bond donors (Lipinski definition) is 2. The van der Waals surface area contributed by atoms with E-state index in [4.69, 9.17) is 10.7 Å². The molecule has 4 rings (SSSR count). The normalized spacial score (nSPS) is 23.2. The van der Waals surface area contributed by atoms with Gasteiger partial charge in [-0.25, -0.2) is 4.98 Å². The summed E-state index contributed by atoms with van der Waals surface area (Å²) in [6, 6.07) is 0. The van der Waals surface area contributed by atoms with Crippen LogP contribution in [0.15, 0.2) is 21.7 Å². The maximum absolute atomic E-state index is 11.2. The van der Waals surface area contributed by atoms with Crippen molar-refractivity contribution in [2.24, 2.45) is 10.9 Å². The van der Waals surface area contributed by atoms with Gasteiger partial charge in [0.1, 0.15) is 5.82 Å². The van der Waals surface area contributed by atoms with Crippen molar-refractivity contribution in [3.63, 3.8) is 0 Å². The van der Waals surface area contributed by atoms with Gasteiger partial charge in [-0.1, -0.05) is 6.08 Å². The lowest BCUT2D eigenvalue weighted by atomic mass is 9.80. The fourth-order valence-electron chi connectivity index (χ4n) is 3.64. The van der Waals surface area contributed by atoms with Crippen LogP contribution in [0, 0.1) is 5.92 Å². The Hall–Kier alpha value is -2.22. The van der Waals surface area contributed by atoms with Gasteiger partial charge in [0.05, 0.1) is 28.8 Å². The minimum absolute atomic E-state index is 0.200. The first-order valence-corrected chi connectivity index (χ1v) is 9.11. The highest BCUT2D eigenvalue weighted by atomic mass is 79.9. The molecule has 25 heavy (non-hydrogen) atoms. The molecule has 0 bridgehead atoms. The second kappa shape index (κ2) is 6.25. The van der Waals surface area contributed by atoms with Crippen LogP contribution in [-0.4, -0.2) is 38.4 Å². The molecular formula is C17H18BrN5O2. The molecule has 8 heteroatoms. The number of hydrogen-bond acceptors (Lipinski definition) is 5. The van der Waals surface area contributed by atoms with E-state index in [1.54, 1.807) is 10.7 Å². The Morgan fingerprint density at radius 2 is 2.08 bits per heavy atom. The van der Waals surface area contributed by atoms with E-state index in [1.807, 2.05) is 12.3 Å². The number of halogens is 1. The van der Waals surface area contributed by atoms with Crippen molar-refractivity contribution in [1.29, 1.82) is 0 Å². The largest absolute Gasteiger partial charge is 0.481 e. The van der Waals surface area contributed by atoms with E-state index < -0.39 is 5.97 Å². The fraction of sp³-hybridized carbons (Fsp3) is 0.412. The number of aromatic nitrogens is 3. The lowest BCUT2D eigenvalue weighted by molar-refractivity contribution is -0.142. The highest BCUT2D eigenvalue weighted by Crippen LogP contribution is 2.40. The smallest absolute Gasteiger partial charge is 0.306 e. The minimum atomic E-state index is -0.703. The summed E-state index contributed by atoms with van der Waals surface area (Å²) in [6.07, 6.45) is 8.56. The number of aliphatic carboxylic acids is 1. The van der Waals surface area contributed by atoms with E-state index >= 15 is 0 Å². The maximum Gasteiger partial charge on any atom is 0.306 e. The number of nitrogen functional groups attached to an aromatic ring is 1. The zero-order chi connectivity index (χ0) is 17.6. The molecule has 1 saturated carbocycles. The predicted molar refractivity (Wildman–Crippen MR) is 98.8 cm³/mol. The van der Waals surface area contributed by atoms with Crippen LogP contribution in [0.25, 0.3) is 11.2 Å². The molecule has 0 unspecified atom stereocenters. The minimum Gasteiger partial charge on any atom is -0.481 e. The summed E-state index contributed by atoms with van der Waals surface area (Å²) in [5.41, 5.74) is 9.81. The fourth-order valence-corrected chi connectivity index (χ4v) is 4.22. The van der Waals surface area contributed by atoms with Gasteiger partial charge in [-0.2, -0.15) is 9.61 Å². The van der Waals surface area contributed by atoms with Gasteiger partial charge in [0.25, 0.3) is 0 Å². The van der Waals surface area contributed by atoms with Crippen LogP contribution >= 0.6 is 15.9 Å². The van der Waals surface area contributed by atoms with Crippen molar-refractivity contribution in [3.8, 4) is 0 Å². The topological polar surface area (TPSA) is 106 Å². The molecule has 2 aliphatic rings. The quantitative estimate of drug-likeness (QED) is 0.818. The second-order valence-electron chi connectivity index (χ2n) is 6.53. The van der Waals surface area contributed by atoms with Crippen molar-refractivity contribution in [3.05, 3.63) is 28.0 Å². The Kier molecular flexibility index (Phi) is 4.07. The third-order valence-corrected chi connectivity index (χ3v) is 5.88. The van der Waals surface area contributed by atoms with Crippen LogP contribution in [0.3, 0.4) is 0 Å². The van der Waals surface area contributed by atoms with E-state index in [1.165, 1.54) is 0 Å². The van der Waals surface area contributed by atoms with E-state index in [9.17, 15) is 9.90 Å². The number of nitrogens with two attached hydrogens (primary N) is 1. The Bertz CT molecular complexity index is 909. The highest BCUT2D eigenvalue weighted by Gasteiger charge is 2.30. The lowest BCUT2D eigenvalue weighted by Gasteiger charge is -2.26. The molecule has 0 radical (unpaired) electrons. The molecule has 7 nitrogen and oxygen atoms in total. The van der Waals surface area contributed by atoms with E-state index in [0.717, 1.165) is 39.8 Å². The van der Waals surface area contributed by atoms with Crippen LogP contribution in [0.5, 0.6) is 0 Å². The van der Waals surface area contributed by atoms with E-state index in [0.29, 0.717) is 25.2 Å². The first kappa shape index (κ1) is 16.3. The number of nitrogens with zero attached hydrogens (tertiary/aromatic N) is 4. The van der Waals surface area contributed by atoms with Gasteiger partial charge in [-0.05, 0) is 41.6 Å². The molecule has 2 aromatic rings. The van der Waals surface area contributed by atoms with Gasteiger partial charge in [0.2, 0.25) is 0 Å². The standard InChI is InChI=1S/C17H18BrN5O2/c18-13-14(9-1-3-10(4-2-9)17(24)25)22-16-12(11-5-6-20-7-11)8-21-23(16)15(13)19/h5,7-10H,1-4,6,19H2,(H,24,25). The van der Waals surface area contributed by atoms with Crippen molar-refractivity contribution < 1.29 is 9.90 Å². The van der Waals surface area contributed by atoms with Crippen molar-refractivity contribution in [2.75, 3.05) is 12.3 Å². The summed E-state index contributed by atoms with van der Waals surface area (Å²) in [6.45, 7) is 0.671. The number of carboxylic acid groups (broad SMARTS) is 1. The number of allylic oxidation sites excluding steroid dienone is 1. The first-order valence-electron chi connectivity index (χ1n) is 8.32. The number of carboxylic acids is 1. The molecular weight excluding hydrogens is 386 g/mol. The molecule has 3 N–H and O–H groups in total. The predicted octanol–water partition coefficient (Wildman–Crippen LogP) is 2.90. The molecule has 1 aliphatic carbocycles. The molecule has 1 fully saturated rings. The monoisotopic (exact) mass is 403 g/mol. The zero-order valence-corrected chi connectivity index (χ0v) is 15.1. The van der Waals surface area contributed by atoms with Crippen LogP contribution in [0.2, 0.25) is 0 Å². The Morgan fingerprint density at radius 3 is 2.72 bits per heavy atom. The number of carbonyl (C=O) groups is 1. The van der Waals surface area contributed by atoms with Gasteiger partial charge >= 0.3 is 5.97 Å². The molecule has 0 saturated heterocycles. The van der Waals surface area contributed by atoms with Crippen molar-refractivity contribution in [1.82, 2.24) is 14.6 Å². The van der Waals surface area contributed by atoms with Crippen LogP contribution in [-0.2, 0) is 4.79 Å². The number of fused-ring (bicyclic) bond motifs is 1. The summed E-state index contributed by atoms with van der Waals surface area (Å²) in [5, 5.41) is 13.6. The summed E-state index contributed by atoms with van der Waals surface area (Å²) >= 11 is 3.57. The molecule has 0 atom stereocenters. The van der Waals surface area contributed by atoms with Crippen LogP contribution < -0.4 is 5.73 Å². The average Bonchev–Trinajstić information content (AvgIpc) is 3.27. The molecule has 2 aromatic heterocycles. The molecule has 130 valence electrons. The van der Waals surface area contributed by atoms with E-state index in [-0.39, 0.29) is 11.8 Å². The Labute approximate surface area is 152 Å². The van der Waals surface area contributed by atoms with Crippen LogP contribution in [0.1, 0.15) is 42.9 Å². The summed E-state index contributed by atoms with van der Waals surface area (Å²) in [4.78, 5) is 20.3. The van der Waals surface area contributed by atoms with Gasteiger partial charge in [-0.15, -0.1) is 0 Å². The molecule has 0 spiro atoms. The molecule has 0 amide bonds. The first-order chi connectivity index (χ1) is 12.1. The summed E-state index contributed by atoms with van der Waals surface area (Å²) < 4.78 is 2.39. The van der Waals surface area contributed by atoms with Gasteiger partial charge < -0.3 is 10.8 Å². The maximum atomic E-state index is 11.2.